The molecule has 3 fully saturated rings. The number of hydrogen-bond donors (Lipinski definition) is 3. The van der Waals surface area contributed by atoms with Gasteiger partial charge < -0.3 is 26.4 Å². The van der Waals surface area contributed by atoms with Crippen molar-refractivity contribution in [3.05, 3.63) is 11.6 Å². The van der Waals surface area contributed by atoms with E-state index in [1.807, 2.05) is 4.90 Å². The number of esters is 1. The molecule has 0 radical (unpaired) electrons. The van der Waals surface area contributed by atoms with Crippen LogP contribution < -0.4 is 16.8 Å². The van der Waals surface area contributed by atoms with E-state index < -0.39 is 0 Å². The molecule has 3 saturated carbocycles. The minimum absolute atomic E-state index is 0. The maximum absolute atomic E-state index is 13.0. The Morgan fingerprint density at radius 2 is 1.57 bits per heavy atom. The van der Waals surface area contributed by atoms with Gasteiger partial charge in [-0.15, -0.1) is 37.2 Å². The lowest BCUT2D eigenvalue weighted by Crippen LogP contribution is -2.51. The minimum Gasteiger partial charge on any atom is -0.461 e. The normalized spacial score (nSPS) is 29.3. The quantitative estimate of drug-likeness (QED) is 0.0428. The molecule has 8 atom stereocenters. The second-order valence-electron chi connectivity index (χ2n) is 17.3. The van der Waals surface area contributed by atoms with Crippen molar-refractivity contribution in [1.29, 1.82) is 0 Å². The molecule has 5 N–H and O–H groups in total. The zero-order chi connectivity index (χ0) is 36.1. The van der Waals surface area contributed by atoms with E-state index >= 15 is 0 Å². The molecule has 0 aliphatic heterocycles. The number of nitrogens with zero attached hydrogens (tertiary/aromatic N) is 1. The van der Waals surface area contributed by atoms with E-state index in [0.717, 1.165) is 100 Å². The molecule has 0 aromatic heterocycles. The molecule has 0 aromatic rings. The third-order valence-corrected chi connectivity index (χ3v) is 15.7. The molecule has 7 nitrogen and oxygen atoms in total. The van der Waals surface area contributed by atoms with E-state index in [2.05, 4.69) is 46.0 Å². The van der Waals surface area contributed by atoms with Crippen LogP contribution in [0.3, 0.4) is 0 Å². The van der Waals surface area contributed by atoms with Crippen LogP contribution in [0, 0.1) is 46.3 Å². The highest BCUT2D eigenvalue weighted by Crippen LogP contribution is 2.67. The van der Waals surface area contributed by atoms with Crippen molar-refractivity contribution in [2.45, 2.75) is 137 Å². The van der Waals surface area contributed by atoms with Crippen LogP contribution in [-0.4, -0.2) is 73.7 Å². The molecule has 0 heterocycles. The summed E-state index contributed by atoms with van der Waals surface area (Å²) in [6.45, 7) is 17.1. The molecule has 0 bridgehead atoms. The summed E-state index contributed by atoms with van der Waals surface area (Å²) in [7, 11) is 2.91. The number of ether oxygens (including phenoxy) is 1. The van der Waals surface area contributed by atoms with E-state index in [1.54, 1.807) is 5.57 Å². The lowest BCUT2D eigenvalue weighted by molar-refractivity contribution is -0.148. The summed E-state index contributed by atoms with van der Waals surface area (Å²) in [4.78, 5) is 27.8. The number of allylic oxidation sites excluding steroid dienone is 1. The lowest BCUT2D eigenvalue weighted by atomic mass is 9.47. The van der Waals surface area contributed by atoms with E-state index in [9.17, 15) is 9.59 Å². The average molecular weight is 845 g/mol. The third kappa shape index (κ3) is 14.2. The Labute approximate surface area is 350 Å². The summed E-state index contributed by atoms with van der Waals surface area (Å²) < 4.78 is 6.07. The van der Waals surface area contributed by atoms with Crippen LogP contribution in [0.2, 0.25) is 0 Å². The fraction of sp³-hybridized carbons (Fsp3) is 0.902. The number of unbranched alkanes of at least 4 members (excludes halogenated alkanes) is 1. The molecule has 53 heavy (non-hydrogen) atoms. The van der Waals surface area contributed by atoms with Gasteiger partial charge in [-0.25, -0.2) is 0 Å². The number of nitrogens with two attached hydrogens (primary N) is 2. The summed E-state index contributed by atoms with van der Waals surface area (Å²) in [5, 5.41) is 3.40. The number of amides is 1. The van der Waals surface area contributed by atoms with Gasteiger partial charge in [-0.05, 0) is 143 Å². The van der Waals surface area contributed by atoms with Crippen molar-refractivity contribution in [3.63, 3.8) is 0 Å². The Hall–Kier alpha value is 0.130. The Morgan fingerprint density at radius 1 is 0.868 bits per heavy atom. The third-order valence-electron chi connectivity index (χ3n) is 13.6. The van der Waals surface area contributed by atoms with Gasteiger partial charge in [0.15, 0.2) is 0 Å². The number of carbonyl (C=O) groups excluding carboxylic acids is 2. The fourth-order valence-electron chi connectivity index (χ4n) is 10.8. The highest BCUT2D eigenvalue weighted by Gasteiger charge is 2.59. The molecule has 0 spiro atoms. The molecule has 8 unspecified atom stereocenters. The number of fused-ring (bicyclic) bond motifs is 5. The molecule has 0 aromatic carbocycles. The van der Waals surface area contributed by atoms with Gasteiger partial charge in [-0.2, -0.15) is 0 Å². The van der Waals surface area contributed by atoms with Gasteiger partial charge in [0.1, 0.15) is 11.9 Å². The van der Waals surface area contributed by atoms with Crippen molar-refractivity contribution in [2.75, 3.05) is 50.8 Å². The predicted octanol–water partition coefficient (Wildman–Crippen LogP) is 9.48. The van der Waals surface area contributed by atoms with Crippen molar-refractivity contribution in [2.24, 2.45) is 57.8 Å². The van der Waals surface area contributed by atoms with Crippen LogP contribution in [0.25, 0.3) is 0 Å². The van der Waals surface area contributed by atoms with Gasteiger partial charge in [-0.3, -0.25) is 9.59 Å². The first kappa shape index (κ1) is 51.1. The number of carbonyl (C=O) groups is 2. The highest BCUT2D eigenvalue weighted by molar-refractivity contribution is 8.77. The van der Waals surface area contributed by atoms with Gasteiger partial charge in [-0.1, -0.05) is 87.1 Å². The van der Waals surface area contributed by atoms with E-state index in [0.29, 0.717) is 30.8 Å². The van der Waals surface area contributed by atoms with Crippen molar-refractivity contribution >= 4 is 70.7 Å². The second-order valence-corrected chi connectivity index (χ2v) is 19.8. The zero-order valence-electron chi connectivity index (χ0n) is 33.8. The molecule has 4 aliphatic carbocycles. The molecular formula is C41H77Cl3N4O3S2. The molecule has 1 amide bonds. The van der Waals surface area contributed by atoms with Crippen LogP contribution in [0.1, 0.15) is 131 Å². The lowest BCUT2D eigenvalue weighted by Gasteiger charge is -2.58. The van der Waals surface area contributed by atoms with Gasteiger partial charge in [0, 0.05) is 19.5 Å². The smallest absolute Gasteiger partial charge is 0.317 e. The van der Waals surface area contributed by atoms with Crippen LogP contribution in [0.15, 0.2) is 11.6 Å². The topological polar surface area (TPSA) is 111 Å². The predicted molar refractivity (Wildman–Crippen MR) is 236 cm³/mol. The van der Waals surface area contributed by atoms with Crippen molar-refractivity contribution in [1.82, 2.24) is 10.2 Å². The molecule has 4 aliphatic rings. The van der Waals surface area contributed by atoms with Crippen LogP contribution in [0.4, 0.5) is 0 Å². The maximum Gasteiger partial charge on any atom is 0.317 e. The minimum atomic E-state index is -0.145. The first-order chi connectivity index (χ1) is 24.0. The van der Waals surface area contributed by atoms with Gasteiger partial charge in [0.05, 0.1) is 5.75 Å². The fourth-order valence-corrected chi connectivity index (χ4v) is 12.5. The maximum atomic E-state index is 13.0. The molecule has 12 heteroatoms. The van der Waals surface area contributed by atoms with Crippen LogP contribution in [-0.2, 0) is 14.3 Å². The standard InChI is InChI=1S/C41H74N4O3S2.3ClH/c1-30(2)11-8-12-31(3)35-15-16-36-34-14-13-32-27-33(17-19-40(32,4)37(34)18-20-41(35,36)5)48-39(47)29-50-49-28-38(46)45(26-10-22-43)25-7-6-23-44-24-9-21-42;;;/h13,30-31,33-37,44H,6-12,14-29,42-43H2,1-5H3;3*1H. The monoisotopic (exact) mass is 842 g/mol. The first-order valence-corrected chi connectivity index (χ1v) is 23.0. The largest absolute Gasteiger partial charge is 0.461 e. The van der Waals surface area contributed by atoms with Crippen LogP contribution >= 0.6 is 58.8 Å². The Bertz CT molecular complexity index is 1110. The average Bonchev–Trinajstić information content (AvgIpc) is 3.44. The molecular weight excluding hydrogens is 767 g/mol. The molecule has 0 saturated heterocycles. The summed E-state index contributed by atoms with van der Waals surface area (Å²) in [6.07, 6.45) is 20.4. The van der Waals surface area contributed by atoms with Gasteiger partial charge in [0.25, 0.3) is 0 Å². The summed E-state index contributed by atoms with van der Waals surface area (Å²) in [6, 6.07) is 0. The summed E-state index contributed by atoms with van der Waals surface area (Å²) >= 11 is 0. The summed E-state index contributed by atoms with van der Waals surface area (Å²) in [5.41, 5.74) is 13.6. The zero-order valence-corrected chi connectivity index (χ0v) is 37.8. The Morgan fingerprint density at radius 3 is 2.28 bits per heavy atom. The van der Waals surface area contributed by atoms with E-state index in [1.165, 1.54) is 73.0 Å². The van der Waals surface area contributed by atoms with Crippen LogP contribution in [0.5, 0.6) is 0 Å². The second kappa shape index (κ2) is 25.5. The molecule has 312 valence electrons. The highest BCUT2D eigenvalue weighted by atomic mass is 35.5. The van der Waals surface area contributed by atoms with E-state index in [4.69, 9.17) is 16.2 Å². The molecule has 4 rings (SSSR count). The number of nitrogens with one attached hydrogen (secondary N) is 1. The van der Waals surface area contributed by atoms with E-state index in [-0.39, 0.29) is 66.4 Å². The Kier molecular flexibility index (Phi) is 24.6. The Balaban J connectivity index is 0.00000468. The van der Waals surface area contributed by atoms with Crippen molar-refractivity contribution in [3.8, 4) is 0 Å². The van der Waals surface area contributed by atoms with Crippen molar-refractivity contribution < 1.29 is 14.3 Å². The van der Waals surface area contributed by atoms with Gasteiger partial charge >= 0.3 is 5.97 Å². The SMILES string of the molecule is CC(C)CCCC(C)C1CCC2C3CC=C4CC(OC(=O)CSSCC(=O)N(CCCN)CCCCNCCCN)CCC4(C)C3CCC12C.Cl.Cl.Cl. The number of halogens is 3. The first-order valence-electron chi connectivity index (χ1n) is 20.6. The summed E-state index contributed by atoms with van der Waals surface area (Å²) in [5.74, 6) is 5.65. The van der Waals surface area contributed by atoms with Gasteiger partial charge in [0.2, 0.25) is 5.91 Å². The number of rotatable bonds is 22. The number of hydrogen-bond acceptors (Lipinski definition) is 8.